The summed E-state index contributed by atoms with van der Waals surface area (Å²) >= 11 is 0. The molecule has 0 spiro atoms. The van der Waals surface area contributed by atoms with Crippen molar-refractivity contribution in [1.29, 1.82) is 0 Å². The van der Waals surface area contributed by atoms with E-state index >= 15 is 0 Å². The number of sulfone groups is 1. The van der Waals surface area contributed by atoms with Crippen LogP contribution in [-0.4, -0.2) is 40.2 Å². The zero-order chi connectivity index (χ0) is 17.7. The van der Waals surface area contributed by atoms with E-state index < -0.39 is 22.4 Å². The van der Waals surface area contributed by atoms with Crippen LogP contribution in [0.5, 0.6) is 0 Å². The molecule has 2 rings (SSSR count). The fourth-order valence-corrected chi connectivity index (χ4v) is 2.57. The first-order valence-electron chi connectivity index (χ1n) is 7.08. The molecule has 2 aromatic carbocycles. The quantitative estimate of drug-likeness (QED) is 0.772. The van der Waals surface area contributed by atoms with Gasteiger partial charge in [-0.25, -0.2) is 13.2 Å². The van der Waals surface area contributed by atoms with Crippen LogP contribution < -0.4 is 4.90 Å². The molecule has 0 bridgehead atoms. The first-order valence-corrected chi connectivity index (χ1v) is 8.97. The summed E-state index contributed by atoms with van der Waals surface area (Å²) in [5.74, 6) is -1.06. The van der Waals surface area contributed by atoms with Crippen molar-refractivity contribution in [2.75, 3.05) is 24.8 Å². The third-order valence-corrected chi connectivity index (χ3v) is 4.49. The van der Waals surface area contributed by atoms with E-state index in [2.05, 4.69) is 0 Å². The molecular weight excluding hydrogens is 330 g/mol. The molecule has 2 aromatic rings. The number of carbonyl (C=O) groups excluding carboxylic acids is 2. The molecule has 0 radical (unpaired) electrons. The molecule has 0 atom stereocenters. The summed E-state index contributed by atoms with van der Waals surface area (Å²) in [7, 11) is -1.74. The number of carbonyl (C=O) groups is 2. The number of rotatable bonds is 5. The number of para-hydroxylation sites is 1. The molecule has 0 N–H and O–H groups in total. The van der Waals surface area contributed by atoms with Crippen molar-refractivity contribution < 1.29 is 22.7 Å². The summed E-state index contributed by atoms with van der Waals surface area (Å²) in [6.07, 6.45) is 1.08. The van der Waals surface area contributed by atoms with E-state index in [-0.39, 0.29) is 16.4 Å². The number of esters is 1. The van der Waals surface area contributed by atoms with E-state index in [0.29, 0.717) is 5.69 Å². The third-order valence-electron chi connectivity index (χ3n) is 3.36. The maximum atomic E-state index is 12.0. The zero-order valence-electron chi connectivity index (χ0n) is 13.3. The Morgan fingerprint density at radius 1 is 1.00 bits per heavy atom. The van der Waals surface area contributed by atoms with Crippen LogP contribution >= 0.6 is 0 Å². The van der Waals surface area contributed by atoms with Crippen LogP contribution in [0.3, 0.4) is 0 Å². The number of benzene rings is 2. The second-order valence-corrected chi connectivity index (χ2v) is 7.18. The number of likely N-dealkylation sites (N-methyl/N-ethyl adjacent to an activating group) is 1. The number of amides is 1. The average Bonchev–Trinajstić information content (AvgIpc) is 2.58. The summed E-state index contributed by atoms with van der Waals surface area (Å²) in [6, 6.07) is 14.3. The monoisotopic (exact) mass is 347 g/mol. The largest absolute Gasteiger partial charge is 0.452 e. The van der Waals surface area contributed by atoms with Crippen LogP contribution in [0.15, 0.2) is 59.5 Å². The second kappa shape index (κ2) is 7.27. The van der Waals surface area contributed by atoms with Gasteiger partial charge in [0.2, 0.25) is 0 Å². The van der Waals surface area contributed by atoms with Crippen molar-refractivity contribution >= 4 is 27.4 Å². The first-order chi connectivity index (χ1) is 11.3. The summed E-state index contributed by atoms with van der Waals surface area (Å²) in [4.78, 5) is 25.5. The minimum Gasteiger partial charge on any atom is -0.452 e. The van der Waals surface area contributed by atoms with E-state index in [1.807, 2.05) is 6.07 Å². The van der Waals surface area contributed by atoms with Gasteiger partial charge >= 0.3 is 5.97 Å². The molecule has 0 aliphatic heterocycles. The van der Waals surface area contributed by atoms with Gasteiger partial charge in [-0.2, -0.15) is 0 Å². The number of hydrogen-bond donors (Lipinski definition) is 0. The van der Waals surface area contributed by atoms with Crippen LogP contribution in [0.1, 0.15) is 10.4 Å². The molecule has 0 aliphatic carbocycles. The molecule has 0 aliphatic rings. The van der Waals surface area contributed by atoms with E-state index in [9.17, 15) is 18.0 Å². The van der Waals surface area contributed by atoms with Crippen LogP contribution in [0.25, 0.3) is 0 Å². The summed E-state index contributed by atoms with van der Waals surface area (Å²) in [6.45, 7) is -0.405. The highest BCUT2D eigenvalue weighted by Gasteiger charge is 2.15. The Morgan fingerprint density at radius 3 is 2.12 bits per heavy atom. The standard InChI is InChI=1S/C17H17NO5S/c1-18(14-6-4-3-5-7-14)16(19)12-23-17(20)13-8-10-15(11-9-13)24(2,21)22/h3-11H,12H2,1-2H3. The molecule has 126 valence electrons. The fraction of sp³-hybridized carbons (Fsp3) is 0.176. The van der Waals surface area contributed by atoms with Gasteiger partial charge < -0.3 is 9.64 Å². The van der Waals surface area contributed by atoms with Crippen LogP contribution in [-0.2, 0) is 19.4 Å². The molecule has 7 heteroatoms. The van der Waals surface area contributed by atoms with Gasteiger partial charge in [0, 0.05) is 19.0 Å². The Bertz CT molecular complexity index is 829. The maximum absolute atomic E-state index is 12.0. The van der Waals surface area contributed by atoms with Crippen LogP contribution in [0.4, 0.5) is 5.69 Å². The van der Waals surface area contributed by atoms with Crippen molar-refractivity contribution in [3.8, 4) is 0 Å². The normalized spacial score (nSPS) is 10.9. The molecule has 1 amide bonds. The SMILES string of the molecule is CN(C(=O)COC(=O)c1ccc(S(C)(=O)=O)cc1)c1ccccc1. The lowest BCUT2D eigenvalue weighted by molar-refractivity contribution is -0.121. The van der Waals surface area contributed by atoms with E-state index in [1.165, 1.54) is 29.2 Å². The minimum atomic E-state index is -3.33. The van der Waals surface area contributed by atoms with Gasteiger partial charge in [0.15, 0.2) is 16.4 Å². The van der Waals surface area contributed by atoms with Gasteiger partial charge in [-0.15, -0.1) is 0 Å². The molecule has 6 nitrogen and oxygen atoms in total. The second-order valence-electron chi connectivity index (χ2n) is 5.16. The Kier molecular flexibility index (Phi) is 5.35. The van der Waals surface area contributed by atoms with E-state index in [0.717, 1.165) is 6.26 Å². The highest BCUT2D eigenvalue weighted by atomic mass is 32.2. The highest BCUT2D eigenvalue weighted by molar-refractivity contribution is 7.90. The van der Waals surface area contributed by atoms with Gasteiger partial charge in [0.25, 0.3) is 5.91 Å². The average molecular weight is 347 g/mol. The lowest BCUT2D eigenvalue weighted by atomic mass is 10.2. The molecule has 0 saturated heterocycles. The lowest BCUT2D eigenvalue weighted by Gasteiger charge is -2.17. The van der Waals surface area contributed by atoms with Crippen molar-refractivity contribution in [3.63, 3.8) is 0 Å². The predicted octanol–water partition coefficient (Wildman–Crippen LogP) is 1.91. The summed E-state index contributed by atoms with van der Waals surface area (Å²) in [5.41, 5.74) is 0.869. The van der Waals surface area contributed by atoms with Crippen molar-refractivity contribution in [3.05, 3.63) is 60.2 Å². The van der Waals surface area contributed by atoms with Crippen molar-refractivity contribution in [1.82, 2.24) is 0 Å². The number of nitrogens with zero attached hydrogens (tertiary/aromatic N) is 1. The van der Waals surface area contributed by atoms with E-state index in [4.69, 9.17) is 4.74 Å². The molecule has 0 aromatic heterocycles. The molecular formula is C17H17NO5S. The Morgan fingerprint density at radius 2 is 1.58 bits per heavy atom. The Balaban J connectivity index is 1.96. The van der Waals surface area contributed by atoms with Gasteiger partial charge in [0.1, 0.15) is 0 Å². The van der Waals surface area contributed by atoms with Crippen molar-refractivity contribution in [2.24, 2.45) is 0 Å². The highest BCUT2D eigenvalue weighted by Crippen LogP contribution is 2.13. The smallest absolute Gasteiger partial charge is 0.338 e. The van der Waals surface area contributed by atoms with Gasteiger partial charge in [-0.1, -0.05) is 18.2 Å². The molecule has 0 fully saturated rings. The third kappa shape index (κ3) is 4.42. The predicted molar refractivity (Wildman–Crippen MR) is 89.7 cm³/mol. The number of hydrogen-bond acceptors (Lipinski definition) is 5. The number of ether oxygens (including phenoxy) is 1. The van der Waals surface area contributed by atoms with Gasteiger partial charge in [-0.05, 0) is 36.4 Å². The Labute approximate surface area is 140 Å². The minimum absolute atomic E-state index is 0.110. The Hall–Kier alpha value is -2.67. The molecule has 0 heterocycles. The molecule has 24 heavy (non-hydrogen) atoms. The van der Waals surface area contributed by atoms with Crippen LogP contribution in [0, 0.1) is 0 Å². The maximum Gasteiger partial charge on any atom is 0.338 e. The fourth-order valence-electron chi connectivity index (χ4n) is 1.94. The summed E-state index contributed by atoms with van der Waals surface area (Å²) < 4.78 is 27.7. The summed E-state index contributed by atoms with van der Waals surface area (Å²) in [5, 5.41) is 0. The molecule has 0 unspecified atom stereocenters. The topological polar surface area (TPSA) is 80.8 Å². The van der Waals surface area contributed by atoms with Crippen LogP contribution in [0.2, 0.25) is 0 Å². The van der Waals surface area contributed by atoms with Gasteiger partial charge in [-0.3, -0.25) is 4.79 Å². The van der Waals surface area contributed by atoms with E-state index in [1.54, 1.807) is 31.3 Å². The molecule has 0 saturated carbocycles. The van der Waals surface area contributed by atoms with Crippen molar-refractivity contribution in [2.45, 2.75) is 4.90 Å². The number of anilines is 1. The van der Waals surface area contributed by atoms with Gasteiger partial charge in [0.05, 0.1) is 10.5 Å². The lowest BCUT2D eigenvalue weighted by Crippen LogP contribution is -2.31. The zero-order valence-corrected chi connectivity index (χ0v) is 14.1. The first kappa shape index (κ1) is 17.7.